The van der Waals surface area contributed by atoms with E-state index in [0.717, 1.165) is 30.2 Å². The van der Waals surface area contributed by atoms with Crippen LogP contribution in [0.15, 0.2) is 18.2 Å². The van der Waals surface area contributed by atoms with Crippen LogP contribution < -0.4 is 16.0 Å². The number of hydrogen-bond donors (Lipinski definition) is 2. The topological polar surface area (TPSA) is 59.8 Å². The summed E-state index contributed by atoms with van der Waals surface area (Å²) < 4.78 is 10.3. The highest BCUT2D eigenvalue weighted by atomic mass is 16.5. The summed E-state index contributed by atoms with van der Waals surface area (Å²) in [6, 6.07) is 5.97. The Hall–Kier alpha value is -1.46. The first-order valence-electron chi connectivity index (χ1n) is 6.03. The summed E-state index contributed by atoms with van der Waals surface area (Å²) in [5, 5.41) is 3.09. The standard InChI is InChI=1S/C13H23N3O2/c1-15-13-10-11(4-5-12(13)14)16(6-8-17-2)7-9-18-3/h4-5,10,15H,6-9,14H2,1-3H3. The number of nitrogens with zero attached hydrogens (tertiary/aromatic N) is 1. The molecule has 0 heterocycles. The van der Waals surface area contributed by atoms with Crippen molar-refractivity contribution in [3.63, 3.8) is 0 Å². The SMILES string of the molecule is CNc1cc(N(CCOC)CCOC)ccc1N. The van der Waals surface area contributed by atoms with E-state index in [2.05, 4.69) is 10.2 Å². The fourth-order valence-electron chi connectivity index (χ4n) is 1.73. The van der Waals surface area contributed by atoms with Gasteiger partial charge in [0, 0.05) is 40.0 Å². The van der Waals surface area contributed by atoms with Crippen molar-refractivity contribution in [2.75, 3.05) is 63.5 Å². The maximum Gasteiger partial charge on any atom is 0.0637 e. The maximum atomic E-state index is 5.87. The molecule has 0 saturated heterocycles. The van der Waals surface area contributed by atoms with Crippen molar-refractivity contribution in [1.29, 1.82) is 0 Å². The van der Waals surface area contributed by atoms with Crippen molar-refractivity contribution in [3.8, 4) is 0 Å². The van der Waals surface area contributed by atoms with Gasteiger partial charge in [-0.3, -0.25) is 0 Å². The third-order valence-corrected chi connectivity index (χ3v) is 2.80. The van der Waals surface area contributed by atoms with Gasteiger partial charge in [0.15, 0.2) is 0 Å². The van der Waals surface area contributed by atoms with Crippen LogP contribution in [-0.4, -0.2) is 47.6 Å². The minimum absolute atomic E-state index is 0.684. The van der Waals surface area contributed by atoms with Crippen LogP contribution in [0.4, 0.5) is 17.1 Å². The van der Waals surface area contributed by atoms with Crippen molar-refractivity contribution < 1.29 is 9.47 Å². The predicted molar refractivity (Wildman–Crippen MR) is 76.4 cm³/mol. The van der Waals surface area contributed by atoms with Gasteiger partial charge < -0.3 is 25.4 Å². The summed E-state index contributed by atoms with van der Waals surface area (Å²) in [5.41, 5.74) is 8.67. The lowest BCUT2D eigenvalue weighted by Gasteiger charge is -2.25. The molecule has 0 aliphatic heterocycles. The average Bonchev–Trinajstić information content (AvgIpc) is 2.40. The lowest BCUT2D eigenvalue weighted by Crippen LogP contribution is -2.30. The molecule has 0 aliphatic rings. The van der Waals surface area contributed by atoms with Crippen LogP contribution in [0.2, 0.25) is 0 Å². The van der Waals surface area contributed by atoms with Crippen molar-refractivity contribution in [2.24, 2.45) is 0 Å². The highest BCUT2D eigenvalue weighted by Gasteiger charge is 2.08. The van der Waals surface area contributed by atoms with Crippen LogP contribution in [0, 0.1) is 0 Å². The third kappa shape index (κ3) is 4.09. The summed E-state index contributed by atoms with van der Waals surface area (Å²) >= 11 is 0. The summed E-state index contributed by atoms with van der Waals surface area (Å²) in [5.74, 6) is 0. The lowest BCUT2D eigenvalue weighted by molar-refractivity contribution is 0.190. The Morgan fingerprint density at radius 3 is 2.28 bits per heavy atom. The Morgan fingerprint density at radius 1 is 1.17 bits per heavy atom. The van der Waals surface area contributed by atoms with E-state index in [9.17, 15) is 0 Å². The minimum Gasteiger partial charge on any atom is -0.397 e. The molecule has 5 heteroatoms. The normalized spacial score (nSPS) is 10.4. The number of ether oxygens (including phenoxy) is 2. The van der Waals surface area contributed by atoms with Gasteiger partial charge in [0.2, 0.25) is 0 Å². The zero-order valence-electron chi connectivity index (χ0n) is 11.4. The molecule has 0 unspecified atom stereocenters. The predicted octanol–water partition coefficient (Wildman–Crippen LogP) is 1.41. The molecule has 0 aromatic heterocycles. The van der Waals surface area contributed by atoms with E-state index in [1.54, 1.807) is 14.2 Å². The number of nitrogen functional groups attached to an aromatic ring is 1. The third-order valence-electron chi connectivity index (χ3n) is 2.80. The maximum absolute atomic E-state index is 5.87. The highest BCUT2D eigenvalue weighted by molar-refractivity contribution is 5.72. The summed E-state index contributed by atoms with van der Waals surface area (Å²) in [4.78, 5) is 2.22. The molecule has 1 rings (SSSR count). The Bertz CT molecular complexity index is 350. The fourth-order valence-corrected chi connectivity index (χ4v) is 1.73. The Balaban J connectivity index is 2.82. The molecule has 102 valence electrons. The van der Waals surface area contributed by atoms with E-state index >= 15 is 0 Å². The van der Waals surface area contributed by atoms with Gasteiger partial charge in [-0.1, -0.05) is 0 Å². The molecule has 1 aromatic rings. The van der Waals surface area contributed by atoms with Gasteiger partial charge in [-0.15, -0.1) is 0 Å². The molecule has 0 atom stereocenters. The first-order valence-corrected chi connectivity index (χ1v) is 6.03. The molecule has 0 radical (unpaired) electrons. The summed E-state index contributed by atoms with van der Waals surface area (Å²) in [6.45, 7) is 3.02. The van der Waals surface area contributed by atoms with Crippen LogP contribution in [0.25, 0.3) is 0 Å². The molecule has 0 fully saturated rings. The smallest absolute Gasteiger partial charge is 0.0637 e. The van der Waals surface area contributed by atoms with Crippen LogP contribution >= 0.6 is 0 Å². The van der Waals surface area contributed by atoms with E-state index < -0.39 is 0 Å². The van der Waals surface area contributed by atoms with Crippen molar-refractivity contribution in [1.82, 2.24) is 0 Å². The van der Waals surface area contributed by atoms with Crippen molar-refractivity contribution >= 4 is 17.1 Å². The number of anilines is 3. The van der Waals surface area contributed by atoms with Crippen LogP contribution in [0.3, 0.4) is 0 Å². The monoisotopic (exact) mass is 253 g/mol. The molecule has 0 aliphatic carbocycles. The van der Waals surface area contributed by atoms with Crippen LogP contribution in [0.5, 0.6) is 0 Å². The number of methoxy groups -OCH3 is 2. The van der Waals surface area contributed by atoms with Gasteiger partial charge in [0.1, 0.15) is 0 Å². The second-order valence-electron chi connectivity index (χ2n) is 3.99. The van der Waals surface area contributed by atoms with E-state index in [1.807, 2.05) is 25.2 Å². The number of nitrogens with one attached hydrogen (secondary N) is 1. The molecule has 1 aromatic carbocycles. The molecule has 3 N–H and O–H groups in total. The van der Waals surface area contributed by atoms with Gasteiger partial charge >= 0.3 is 0 Å². The second-order valence-corrected chi connectivity index (χ2v) is 3.99. The molecule has 0 amide bonds. The van der Waals surface area contributed by atoms with E-state index in [1.165, 1.54) is 0 Å². The molecule has 0 spiro atoms. The molecular weight excluding hydrogens is 230 g/mol. The summed E-state index contributed by atoms with van der Waals surface area (Å²) in [7, 11) is 5.27. The van der Waals surface area contributed by atoms with Gasteiger partial charge in [-0.2, -0.15) is 0 Å². The lowest BCUT2D eigenvalue weighted by atomic mass is 10.2. The van der Waals surface area contributed by atoms with Gasteiger partial charge in [0.25, 0.3) is 0 Å². The first-order chi connectivity index (χ1) is 8.72. The van der Waals surface area contributed by atoms with Crippen molar-refractivity contribution in [3.05, 3.63) is 18.2 Å². The summed E-state index contributed by atoms with van der Waals surface area (Å²) in [6.07, 6.45) is 0. The Labute approximate surface area is 109 Å². The quantitative estimate of drug-likeness (QED) is 0.686. The molecule has 0 bridgehead atoms. The molecular formula is C13H23N3O2. The Morgan fingerprint density at radius 2 is 1.78 bits per heavy atom. The minimum atomic E-state index is 0.684. The van der Waals surface area contributed by atoms with Gasteiger partial charge in [-0.05, 0) is 18.2 Å². The second kappa shape index (κ2) is 7.79. The number of hydrogen-bond acceptors (Lipinski definition) is 5. The first kappa shape index (κ1) is 14.6. The number of benzene rings is 1. The Kier molecular flexibility index (Phi) is 6.32. The number of nitrogens with two attached hydrogens (primary N) is 1. The van der Waals surface area contributed by atoms with E-state index in [4.69, 9.17) is 15.2 Å². The van der Waals surface area contributed by atoms with Gasteiger partial charge in [0.05, 0.1) is 24.6 Å². The largest absolute Gasteiger partial charge is 0.397 e. The number of rotatable bonds is 8. The zero-order chi connectivity index (χ0) is 13.4. The zero-order valence-corrected chi connectivity index (χ0v) is 11.4. The fraction of sp³-hybridized carbons (Fsp3) is 0.538. The van der Waals surface area contributed by atoms with E-state index in [-0.39, 0.29) is 0 Å². The van der Waals surface area contributed by atoms with Crippen LogP contribution in [0.1, 0.15) is 0 Å². The average molecular weight is 253 g/mol. The van der Waals surface area contributed by atoms with Gasteiger partial charge in [-0.25, -0.2) is 0 Å². The molecule has 0 saturated carbocycles. The highest BCUT2D eigenvalue weighted by Crippen LogP contribution is 2.25. The molecule has 18 heavy (non-hydrogen) atoms. The van der Waals surface area contributed by atoms with Crippen LogP contribution in [-0.2, 0) is 9.47 Å². The van der Waals surface area contributed by atoms with E-state index in [0.29, 0.717) is 13.2 Å². The molecule has 5 nitrogen and oxygen atoms in total. The van der Waals surface area contributed by atoms with Crippen molar-refractivity contribution in [2.45, 2.75) is 0 Å².